The van der Waals surface area contributed by atoms with Crippen LogP contribution in [0.5, 0.6) is 0 Å². The fourth-order valence-corrected chi connectivity index (χ4v) is 2.11. The molecular weight excluding hydrogens is 306 g/mol. The highest BCUT2D eigenvalue weighted by Crippen LogP contribution is 2.20. The fourth-order valence-electron chi connectivity index (χ4n) is 1.22. The van der Waals surface area contributed by atoms with Crippen molar-refractivity contribution in [2.45, 2.75) is 0 Å². The molecule has 110 valence electrons. The van der Waals surface area contributed by atoms with Gasteiger partial charge in [-0.2, -0.15) is 0 Å². The Balaban J connectivity index is 2.84. The zero-order chi connectivity index (χ0) is 15.6. The Morgan fingerprint density at radius 3 is 1.20 bits per heavy atom. The molecular formula is C8H14N6O4P2. The van der Waals surface area contributed by atoms with Crippen molar-refractivity contribution in [3.05, 3.63) is 35.4 Å². The molecule has 10 N–H and O–H groups in total. The van der Waals surface area contributed by atoms with Crippen LogP contribution in [-0.2, 0) is 9.13 Å². The van der Waals surface area contributed by atoms with E-state index in [9.17, 15) is 18.7 Å². The van der Waals surface area contributed by atoms with Crippen molar-refractivity contribution in [2.24, 2.45) is 22.0 Å². The number of hydrogen-bond donors (Lipinski definition) is 6. The van der Waals surface area contributed by atoms with E-state index in [4.69, 9.17) is 22.0 Å². The standard InChI is InChI=1S/C8H14N6O4P2/c9-19(10,17)13-7(15)5-1-2-6(4-3-5)8(16)14-20(11,12)18/h1-4H,(H5,9,10,13,15,17)(H5,11,12,14,16,18). The zero-order valence-corrected chi connectivity index (χ0v) is 11.9. The molecule has 0 atom stereocenters. The number of carbonyl (C=O) groups excluding carboxylic acids is 2. The van der Waals surface area contributed by atoms with E-state index in [1.807, 2.05) is 10.2 Å². The number of amides is 2. The van der Waals surface area contributed by atoms with Crippen LogP contribution in [-0.4, -0.2) is 11.8 Å². The summed E-state index contributed by atoms with van der Waals surface area (Å²) in [6.07, 6.45) is 0. The van der Waals surface area contributed by atoms with Gasteiger partial charge in [-0.3, -0.25) is 50.9 Å². The summed E-state index contributed by atoms with van der Waals surface area (Å²) >= 11 is 0. The zero-order valence-electron chi connectivity index (χ0n) is 10.1. The average Bonchev–Trinajstić information content (AvgIpc) is 2.24. The van der Waals surface area contributed by atoms with Crippen LogP contribution in [0.15, 0.2) is 24.3 Å². The first-order chi connectivity index (χ1) is 8.98. The molecule has 0 saturated carbocycles. The van der Waals surface area contributed by atoms with Crippen molar-refractivity contribution >= 4 is 27.0 Å². The predicted octanol–water partition coefficient (Wildman–Crippen LogP) is -0.803. The summed E-state index contributed by atoms with van der Waals surface area (Å²) in [6.45, 7) is 0. The SMILES string of the molecule is NP(N)(=O)NC(=O)c1ccc(C(=O)NP(N)(N)=O)cc1. The van der Waals surface area contributed by atoms with E-state index in [1.165, 1.54) is 24.3 Å². The number of nitrogens with one attached hydrogen (secondary N) is 2. The third-order valence-electron chi connectivity index (χ3n) is 1.96. The highest BCUT2D eigenvalue weighted by molar-refractivity contribution is 7.58. The van der Waals surface area contributed by atoms with Gasteiger partial charge in [-0.15, -0.1) is 0 Å². The summed E-state index contributed by atoms with van der Waals surface area (Å²) in [6, 6.07) is 5.05. The van der Waals surface area contributed by atoms with Crippen molar-refractivity contribution in [1.29, 1.82) is 0 Å². The minimum atomic E-state index is -3.69. The Bertz CT molecular complexity index is 563. The van der Waals surface area contributed by atoms with Crippen LogP contribution in [0.2, 0.25) is 0 Å². The third kappa shape index (κ3) is 5.62. The van der Waals surface area contributed by atoms with Crippen molar-refractivity contribution in [1.82, 2.24) is 10.2 Å². The summed E-state index contributed by atoms with van der Waals surface area (Å²) < 4.78 is 22.1. The molecule has 0 unspecified atom stereocenters. The maximum atomic E-state index is 11.5. The first-order valence-corrected chi connectivity index (χ1v) is 8.77. The van der Waals surface area contributed by atoms with Crippen LogP contribution in [0.1, 0.15) is 20.7 Å². The summed E-state index contributed by atoms with van der Waals surface area (Å²) in [5, 5.41) is 3.82. The van der Waals surface area contributed by atoms with E-state index in [-0.39, 0.29) is 11.1 Å². The number of benzene rings is 1. The molecule has 12 heteroatoms. The first kappa shape index (κ1) is 16.5. The molecule has 0 radical (unpaired) electrons. The van der Waals surface area contributed by atoms with Crippen molar-refractivity contribution < 1.29 is 18.7 Å². The Kier molecular flexibility index (Phi) is 4.82. The largest absolute Gasteiger partial charge is 0.300 e. The molecule has 0 saturated heterocycles. The quantitative estimate of drug-likeness (QED) is 0.387. The highest BCUT2D eigenvalue weighted by Gasteiger charge is 2.17. The first-order valence-electron chi connectivity index (χ1n) is 5.07. The van der Waals surface area contributed by atoms with Gasteiger partial charge in [-0.1, -0.05) is 0 Å². The van der Waals surface area contributed by atoms with Crippen LogP contribution >= 0.6 is 15.2 Å². The monoisotopic (exact) mass is 320 g/mol. The number of nitrogens with two attached hydrogens (primary N) is 4. The minimum Gasteiger partial charge on any atom is -0.279 e. The van der Waals surface area contributed by atoms with Crippen LogP contribution in [0.3, 0.4) is 0 Å². The van der Waals surface area contributed by atoms with Gasteiger partial charge in [-0.25, -0.2) is 0 Å². The van der Waals surface area contributed by atoms with Gasteiger partial charge >= 0.3 is 15.2 Å². The van der Waals surface area contributed by atoms with Crippen LogP contribution in [0.4, 0.5) is 0 Å². The molecule has 0 aliphatic heterocycles. The molecule has 20 heavy (non-hydrogen) atoms. The number of rotatable bonds is 4. The van der Waals surface area contributed by atoms with Crippen LogP contribution in [0.25, 0.3) is 0 Å². The van der Waals surface area contributed by atoms with E-state index in [0.717, 1.165) is 0 Å². The molecule has 0 heterocycles. The van der Waals surface area contributed by atoms with Gasteiger partial charge in [-0.05, 0) is 24.3 Å². The lowest BCUT2D eigenvalue weighted by Crippen LogP contribution is -2.29. The second kappa shape index (κ2) is 5.84. The third-order valence-corrected chi connectivity index (χ3v) is 3.07. The Morgan fingerprint density at radius 1 is 0.750 bits per heavy atom. The number of carbonyl (C=O) groups is 2. The molecule has 0 fully saturated rings. The Hall–Kier alpha value is -1.54. The molecule has 2 amide bonds. The molecule has 1 aromatic rings. The van der Waals surface area contributed by atoms with Crippen molar-refractivity contribution in [3.63, 3.8) is 0 Å². The van der Waals surface area contributed by atoms with Gasteiger partial charge in [0.2, 0.25) is 0 Å². The fraction of sp³-hybridized carbons (Fsp3) is 0. The predicted molar refractivity (Wildman–Crippen MR) is 73.3 cm³/mol. The molecule has 0 aliphatic rings. The van der Waals surface area contributed by atoms with Gasteiger partial charge in [0.15, 0.2) is 0 Å². The smallest absolute Gasteiger partial charge is 0.279 e. The molecule has 0 aliphatic carbocycles. The van der Waals surface area contributed by atoms with E-state index in [2.05, 4.69) is 0 Å². The molecule has 0 aromatic heterocycles. The topological polar surface area (TPSA) is 196 Å². The van der Waals surface area contributed by atoms with E-state index >= 15 is 0 Å². The Morgan fingerprint density at radius 2 is 1.00 bits per heavy atom. The lowest BCUT2D eigenvalue weighted by Gasteiger charge is -2.10. The van der Waals surface area contributed by atoms with E-state index < -0.39 is 27.0 Å². The molecule has 0 spiro atoms. The van der Waals surface area contributed by atoms with Crippen molar-refractivity contribution in [2.75, 3.05) is 0 Å². The van der Waals surface area contributed by atoms with Crippen LogP contribution in [0, 0.1) is 0 Å². The maximum absolute atomic E-state index is 11.5. The van der Waals surface area contributed by atoms with Crippen LogP contribution < -0.4 is 32.2 Å². The summed E-state index contributed by atoms with van der Waals surface area (Å²) in [7, 11) is -7.39. The van der Waals surface area contributed by atoms with Gasteiger partial charge in [0, 0.05) is 11.1 Å². The summed E-state index contributed by atoms with van der Waals surface area (Å²) in [5.74, 6) is -1.51. The highest BCUT2D eigenvalue weighted by atomic mass is 31.2. The maximum Gasteiger partial charge on any atom is 0.300 e. The number of hydrogen-bond acceptors (Lipinski definition) is 4. The minimum absolute atomic E-state index is 0.0846. The lowest BCUT2D eigenvalue weighted by molar-refractivity contribution is 0.0968. The average molecular weight is 320 g/mol. The normalized spacial score (nSPS) is 11.8. The molecule has 1 aromatic carbocycles. The van der Waals surface area contributed by atoms with E-state index in [1.54, 1.807) is 0 Å². The summed E-state index contributed by atoms with van der Waals surface area (Å²) in [5.41, 5.74) is 20.2. The molecule has 1 rings (SSSR count). The van der Waals surface area contributed by atoms with Gasteiger partial charge in [0.05, 0.1) is 0 Å². The van der Waals surface area contributed by atoms with Gasteiger partial charge in [0.25, 0.3) is 11.8 Å². The van der Waals surface area contributed by atoms with Gasteiger partial charge < -0.3 is 0 Å². The second-order valence-electron chi connectivity index (χ2n) is 3.88. The molecule has 10 nitrogen and oxygen atoms in total. The van der Waals surface area contributed by atoms with E-state index in [0.29, 0.717) is 0 Å². The lowest BCUT2D eigenvalue weighted by atomic mass is 10.1. The molecule has 0 bridgehead atoms. The van der Waals surface area contributed by atoms with Gasteiger partial charge in [0.1, 0.15) is 0 Å². The summed E-state index contributed by atoms with van der Waals surface area (Å²) in [4.78, 5) is 23.1. The Labute approximate surface area is 114 Å². The van der Waals surface area contributed by atoms with Crippen molar-refractivity contribution in [3.8, 4) is 0 Å². The second-order valence-corrected chi connectivity index (χ2v) is 7.16.